The molecule has 22 heavy (non-hydrogen) atoms. The van der Waals surface area contributed by atoms with Crippen molar-refractivity contribution in [2.75, 3.05) is 12.4 Å². The van der Waals surface area contributed by atoms with Gasteiger partial charge in [-0.3, -0.25) is 4.79 Å². The Hall–Kier alpha value is -2.04. The van der Waals surface area contributed by atoms with Gasteiger partial charge in [0, 0.05) is 30.4 Å². The van der Waals surface area contributed by atoms with Crippen LogP contribution in [-0.2, 0) is 0 Å². The van der Waals surface area contributed by atoms with Crippen LogP contribution >= 0.6 is 0 Å². The van der Waals surface area contributed by atoms with Crippen LogP contribution in [0.3, 0.4) is 0 Å². The second-order valence-corrected chi connectivity index (χ2v) is 6.32. The van der Waals surface area contributed by atoms with E-state index in [-0.39, 0.29) is 24.0 Å². The number of rotatable bonds is 5. The molecular weight excluding hydrogens is 278 g/mol. The SMILES string of the molecule is CC(C)NC(=O)Nc1ccc(C(=O)N(C)C(C)C2CC2)cc1. The topological polar surface area (TPSA) is 61.4 Å². The maximum Gasteiger partial charge on any atom is 0.319 e. The van der Waals surface area contributed by atoms with Gasteiger partial charge in [-0.05, 0) is 63.8 Å². The molecule has 0 bridgehead atoms. The van der Waals surface area contributed by atoms with Gasteiger partial charge in [-0.2, -0.15) is 0 Å². The lowest BCUT2D eigenvalue weighted by atomic mass is 10.1. The number of carbonyl (C=O) groups excluding carboxylic acids is 2. The van der Waals surface area contributed by atoms with Crippen molar-refractivity contribution in [1.82, 2.24) is 10.2 Å². The molecule has 1 unspecified atom stereocenters. The first-order chi connectivity index (χ1) is 10.4. The average molecular weight is 303 g/mol. The zero-order valence-corrected chi connectivity index (χ0v) is 13.7. The van der Waals surface area contributed by atoms with E-state index in [0.29, 0.717) is 17.2 Å². The van der Waals surface area contributed by atoms with E-state index in [4.69, 9.17) is 0 Å². The molecule has 1 aromatic rings. The van der Waals surface area contributed by atoms with E-state index in [2.05, 4.69) is 17.6 Å². The first-order valence-electron chi connectivity index (χ1n) is 7.83. The first kappa shape index (κ1) is 16.3. The summed E-state index contributed by atoms with van der Waals surface area (Å²) in [4.78, 5) is 25.9. The maximum absolute atomic E-state index is 12.4. The number of urea groups is 1. The highest BCUT2D eigenvalue weighted by Gasteiger charge is 2.32. The van der Waals surface area contributed by atoms with E-state index in [1.807, 2.05) is 25.8 Å². The molecule has 2 N–H and O–H groups in total. The van der Waals surface area contributed by atoms with Gasteiger partial charge in [-0.1, -0.05) is 0 Å². The minimum atomic E-state index is -0.242. The van der Waals surface area contributed by atoms with Gasteiger partial charge in [0.15, 0.2) is 0 Å². The lowest BCUT2D eigenvalue weighted by Crippen LogP contribution is -2.36. The highest BCUT2D eigenvalue weighted by molar-refractivity contribution is 5.95. The number of benzene rings is 1. The minimum absolute atomic E-state index is 0.0255. The third-order valence-corrected chi connectivity index (χ3v) is 4.04. The van der Waals surface area contributed by atoms with Gasteiger partial charge in [-0.15, -0.1) is 0 Å². The van der Waals surface area contributed by atoms with Gasteiger partial charge in [-0.25, -0.2) is 4.79 Å². The molecule has 1 aromatic carbocycles. The van der Waals surface area contributed by atoms with Crippen LogP contribution < -0.4 is 10.6 Å². The molecule has 5 heteroatoms. The normalized spacial score (nSPS) is 15.3. The minimum Gasteiger partial charge on any atom is -0.339 e. The highest BCUT2D eigenvalue weighted by atomic mass is 16.2. The quantitative estimate of drug-likeness (QED) is 0.878. The molecule has 1 fully saturated rings. The molecule has 120 valence electrons. The summed E-state index contributed by atoms with van der Waals surface area (Å²) in [7, 11) is 1.85. The van der Waals surface area contributed by atoms with Crippen molar-refractivity contribution in [3.05, 3.63) is 29.8 Å². The number of nitrogens with zero attached hydrogens (tertiary/aromatic N) is 1. The number of amides is 3. The Bertz CT molecular complexity index is 535. The number of hydrogen-bond donors (Lipinski definition) is 2. The Morgan fingerprint density at radius 1 is 1.14 bits per heavy atom. The van der Waals surface area contributed by atoms with Crippen molar-refractivity contribution in [1.29, 1.82) is 0 Å². The lowest BCUT2D eigenvalue weighted by molar-refractivity contribution is 0.0727. The van der Waals surface area contributed by atoms with Gasteiger partial charge in [0.1, 0.15) is 0 Å². The summed E-state index contributed by atoms with van der Waals surface area (Å²) >= 11 is 0. The van der Waals surface area contributed by atoms with Crippen molar-refractivity contribution in [2.24, 2.45) is 5.92 Å². The molecule has 0 aromatic heterocycles. The molecule has 3 amide bonds. The number of carbonyl (C=O) groups is 2. The van der Waals surface area contributed by atoms with E-state index in [1.54, 1.807) is 24.3 Å². The molecule has 1 aliphatic carbocycles. The Morgan fingerprint density at radius 2 is 1.73 bits per heavy atom. The fourth-order valence-electron chi connectivity index (χ4n) is 2.41. The summed E-state index contributed by atoms with van der Waals surface area (Å²) in [5, 5.41) is 5.50. The first-order valence-corrected chi connectivity index (χ1v) is 7.83. The third-order valence-electron chi connectivity index (χ3n) is 4.04. The number of nitrogens with one attached hydrogen (secondary N) is 2. The van der Waals surface area contributed by atoms with E-state index in [1.165, 1.54) is 12.8 Å². The van der Waals surface area contributed by atoms with Crippen molar-refractivity contribution in [3.8, 4) is 0 Å². The van der Waals surface area contributed by atoms with Crippen LogP contribution in [0.1, 0.15) is 44.0 Å². The smallest absolute Gasteiger partial charge is 0.319 e. The predicted molar refractivity (Wildman–Crippen MR) is 88.0 cm³/mol. The van der Waals surface area contributed by atoms with Crippen LogP contribution in [0.2, 0.25) is 0 Å². The Morgan fingerprint density at radius 3 is 2.23 bits per heavy atom. The zero-order chi connectivity index (χ0) is 16.3. The zero-order valence-electron chi connectivity index (χ0n) is 13.7. The van der Waals surface area contributed by atoms with E-state index in [0.717, 1.165) is 0 Å². The predicted octanol–water partition coefficient (Wildman–Crippen LogP) is 3.09. The molecule has 0 saturated heterocycles. The van der Waals surface area contributed by atoms with E-state index < -0.39 is 0 Å². The molecule has 2 rings (SSSR count). The molecule has 5 nitrogen and oxygen atoms in total. The Balaban J connectivity index is 1.95. The summed E-state index contributed by atoms with van der Waals surface area (Å²) in [5.74, 6) is 0.673. The van der Waals surface area contributed by atoms with Gasteiger partial charge in [0.2, 0.25) is 0 Å². The molecule has 0 heterocycles. The fraction of sp³-hybridized carbons (Fsp3) is 0.529. The summed E-state index contributed by atoms with van der Waals surface area (Å²) in [6.07, 6.45) is 2.43. The van der Waals surface area contributed by atoms with Crippen LogP contribution in [0.25, 0.3) is 0 Å². The molecule has 0 spiro atoms. The van der Waals surface area contributed by atoms with Crippen molar-refractivity contribution in [2.45, 2.75) is 45.7 Å². The third kappa shape index (κ3) is 4.23. The molecule has 1 saturated carbocycles. The Labute approximate surface area is 132 Å². The van der Waals surface area contributed by atoms with Crippen LogP contribution in [0, 0.1) is 5.92 Å². The molecular formula is C17H25N3O2. The van der Waals surface area contributed by atoms with Crippen molar-refractivity contribution < 1.29 is 9.59 Å². The molecule has 1 atom stereocenters. The molecule has 1 aliphatic rings. The van der Waals surface area contributed by atoms with Crippen LogP contribution in [0.15, 0.2) is 24.3 Å². The summed E-state index contributed by atoms with van der Waals surface area (Å²) < 4.78 is 0. The second kappa shape index (κ2) is 6.81. The van der Waals surface area contributed by atoms with E-state index >= 15 is 0 Å². The van der Waals surface area contributed by atoms with Gasteiger partial charge in [0.05, 0.1) is 0 Å². The van der Waals surface area contributed by atoms with Gasteiger partial charge >= 0.3 is 6.03 Å². The summed E-state index contributed by atoms with van der Waals surface area (Å²) in [6.45, 7) is 5.90. The van der Waals surface area contributed by atoms with Crippen molar-refractivity contribution >= 4 is 17.6 Å². The summed E-state index contributed by atoms with van der Waals surface area (Å²) in [5.41, 5.74) is 1.32. The monoisotopic (exact) mass is 303 g/mol. The van der Waals surface area contributed by atoms with E-state index in [9.17, 15) is 9.59 Å². The van der Waals surface area contributed by atoms with Gasteiger partial charge in [0.25, 0.3) is 5.91 Å². The van der Waals surface area contributed by atoms with Crippen LogP contribution in [-0.4, -0.2) is 36.0 Å². The standard InChI is InChI=1S/C17H25N3O2/c1-11(2)18-17(22)19-15-9-7-14(8-10-15)16(21)20(4)12(3)13-5-6-13/h7-13H,5-6H2,1-4H3,(H2,18,19,22). The fourth-order valence-corrected chi connectivity index (χ4v) is 2.41. The second-order valence-electron chi connectivity index (χ2n) is 6.32. The summed E-state index contributed by atoms with van der Waals surface area (Å²) in [6, 6.07) is 7.13. The van der Waals surface area contributed by atoms with Gasteiger partial charge < -0.3 is 15.5 Å². The Kier molecular flexibility index (Phi) is 5.06. The number of anilines is 1. The molecule has 0 radical (unpaired) electrons. The largest absolute Gasteiger partial charge is 0.339 e. The average Bonchev–Trinajstić information content (AvgIpc) is 3.29. The van der Waals surface area contributed by atoms with Crippen LogP contribution in [0.4, 0.5) is 10.5 Å². The van der Waals surface area contributed by atoms with Crippen LogP contribution in [0.5, 0.6) is 0 Å². The maximum atomic E-state index is 12.4. The van der Waals surface area contributed by atoms with Crippen molar-refractivity contribution in [3.63, 3.8) is 0 Å². The molecule has 0 aliphatic heterocycles. The highest BCUT2D eigenvalue weighted by Crippen LogP contribution is 2.35. The number of hydrogen-bond acceptors (Lipinski definition) is 2. The lowest BCUT2D eigenvalue weighted by Gasteiger charge is -2.25.